The van der Waals surface area contributed by atoms with Crippen LogP contribution in [0.5, 0.6) is 0 Å². The van der Waals surface area contributed by atoms with Gasteiger partial charge in [0.15, 0.2) is 16.5 Å². The second kappa shape index (κ2) is 7.57. The predicted octanol–water partition coefficient (Wildman–Crippen LogP) is 3.18. The number of hydrogen-bond acceptors (Lipinski definition) is 9. The first-order valence-electron chi connectivity index (χ1n) is 9.99. The molecule has 3 aromatic rings. The molecule has 0 aromatic carbocycles. The van der Waals surface area contributed by atoms with Gasteiger partial charge in [0.25, 0.3) is 0 Å². The molecular formula is C19H23N9S. The summed E-state index contributed by atoms with van der Waals surface area (Å²) in [6.07, 6.45) is 5.17. The number of anilines is 3. The third kappa shape index (κ3) is 3.63. The number of nitrogens with one attached hydrogen (secondary N) is 3. The smallest absolute Gasteiger partial charge is 0.226 e. The summed E-state index contributed by atoms with van der Waals surface area (Å²) < 4.78 is 0. The van der Waals surface area contributed by atoms with Gasteiger partial charge in [-0.05, 0) is 32.6 Å². The van der Waals surface area contributed by atoms with Crippen LogP contribution in [0.2, 0.25) is 0 Å². The molecule has 0 unspecified atom stereocenters. The van der Waals surface area contributed by atoms with Gasteiger partial charge in [0.1, 0.15) is 5.52 Å². The Morgan fingerprint density at radius 2 is 2.14 bits per heavy atom. The molecule has 29 heavy (non-hydrogen) atoms. The topological polar surface area (TPSA) is 118 Å². The summed E-state index contributed by atoms with van der Waals surface area (Å²) in [4.78, 5) is 17.2. The van der Waals surface area contributed by atoms with E-state index in [4.69, 9.17) is 10.2 Å². The van der Waals surface area contributed by atoms with Crippen LogP contribution in [0.3, 0.4) is 0 Å². The van der Waals surface area contributed by atoms with Gasteiger partial charge in [-0.1, -0.05) is 0 Å². The van der Waals surface area contributed by atoms with E-state index >= 15 is 0 Å². The largest absolute Gasteiger partial charge is 0.351 e. The zero-order valence-corrected chi connectivity index (χ0v) is 17.0. The molecule has 0 spiro atoms. The molecule has 2 aliphatic rings. The second-order valence-corrected chi connectivity index (χ2v) is 8.64. The Bertz CT molecular complexity index is 1040. The van der Waals surface area contributed by atoms with Crippen molar-refractivity contribution < 1.29 is 0 Å². The number of aryl methyl sites for hydroxylation is 1. The number of thiazole rings is 1. The molecule has 0 radical (unpaired) electrons. The fourth-order valence-corrected chi connectivity index (χ4v) is 5.29. The summed E-state index contributed by atoms with van der Waals surface area (Å²) in [5.74, 6) is 2.01. The first-order chi connectivity index (χ1) is 14.2. The molecular weight excluding hydrogens is 386 g/mol. The van der Waals surface area contributed by atoms with Gasteiger partial charge < -0.3 is 10.6 Å². The van der Waals surface area contributed by atoms with Crippen LogP contribution >= 0.6 is 11.3 Å². The van der Waals surface area contributed by atoms with E-state index in [1.165, 1.54) is 24.2 Å². The average Bonchev–Trinajstić information content (AvgIpc) is 3.39. The summed E-state index contributed by atoms with van der Waals surface area (Å²) >= 11 is 1.51. The molecule has 2 aliphatic heterocycles. The van der Waals surface area contributed by atoms with Crippen molar-refractivity contribution >= 4 is 39.3 Å². The highest BCUT2D eigenvalue weighted by atomic mass is 32.1. The fourth-order valence-electron chi connectivity index (χ4n) is 4.64. The van der Waals surface area contributed by atoms with Crippen LogP contribution < -0.4 is 10.6 Å². The average molecular weight is 410 g/mol. The van der Waals surface area contributed by atoms with Gasteiger partial charge in [0.05, 0.1) is 11.6 Å². The van der Waals surface area contributed by atoms with Gasteiger partial charge in [-0.15, -0.1) is 11.3 Å². The Kier molecular flexibility index (Phi) is 4.77. The van der Waals surface area contributed by atoms with Crippen molar-refractivity contribution in [2.75, 3.05) is 17.2 Å². The van der Waals surface area contributed by atoms with Crippen molar-refractivity contribution in [2.45, 2.75) is 57.2 Å². The standard InChI is InChI=1S/C19H23N9S/c1-11-7-15(27-26-11)23-17-16-18(29-10-21-16)25-19(24-17)22-12-8-13-3-4-14(9-12)28(13)6-2-5-20/h7,10,12-14H,2-4,6,8-9H2,1H3,(H3,22,23,24,25,26,27)/t12-,13-,14+. The van der Waals surface area contributed by atoms with Gasteiger partial charge >= 0.3 is 0 Å². The van der Waals surface area contributed by atoms with Crippen molar-refractivity contribution in [3.63, 3.8) is 0 Å². The minimum absolute atomic E-state index is 0.344. The van der Waals surface area contributed by atoms with Crippen LogP contribution in [0.15, 0.2) is 11.6 Å². The quantitative estimate of drug-likeness (QED) is 0.568. The fraction of sp³-hybridized carbons (Fsp3) is 0.526. The highest BCUT2D eigenvalue weighted by molar-refractivity contribution is 7.16. The molecule has 3 N–H and O–H groups in total. The van der Waals surface area contributed by atoms with Crippen LogP contribution in [0.25, 0.3) is 10.3 Å². The second-order valence-electron chi connectivity index (χ2n) is 7.81. The number of aromatic amines is 1. The maximum Gasteiger partial charge on any atom is 0.226 e. The maximum atomic E-state index is 8.92. The van der Waals surface area contributed by atoms with E-state index in [2.05, 4.69) is 41.8 Å². The van der Waals surface area contributed by atoms with Gasteiger partial charge in [0, 0.05) is 42.9 Å². The Morgan fingerprint density at radius 3 is 2.86 bits per heavy atom. The minimum atomic E-state index is 0.344. The number of H-pyrrole nitrogens is 1. The third-order valence-electron chi connectivity index (χ3n) is 5.85. The van der Waals surface area contributed by atoms with E-state index in [9.17, 15) is 0 Å². The van der Waals surface area contributed by atoms with E-state index in [0.717, 1.165) is 35.4 Å². The maximum absolute atomic E-state index is 8.92. The Hall–Kier alpha value is -2.77. The molecule has 0 aliphatic carbocycles. The van der Waals surface area contributed by atoms with Crippen molar-refractivity contribution in [3.8, 4) is 6.07 Å². The third-order valence-corrected chi connectivity index (χ3v) is 6.57. The summed E-state index contributed by atoms with van der Waals surface area (Å²) in [6, 6.07) is 5.66. The van der Waals surface area contributed by atoms with E-state index in [-0.39, 0.29) is 0 Å². The summed E-state index contributed by atoms with van der Waals surface area (Å²) in [6.45, 7) is 2.85. The van der Waals surface area contributed by atoms with Crippen LogP contribution in [0.1, 0.15) is 37.8 Å². The highest BCUT2D eigenvalue weighted by Crippen LogP contribution is 2.37. The van der Waals surface area contributed by atoms with Crippen molar-refractivity contribution in [1.29, 1.82) is 5.26 Å². The van der Waals surface area contributed by atoms with Crippen LogP contribution in [0.4, 0.5) is 17.6 Å². The number of piperidine rings is 1. The molecule has 9 nitrogen and oxygen atoms in total. The zero-order chi connectivity index (χ0) is 19.8. The number of hydrogen-bond donors (Lipinski definition) is 3. The lowest BCUT2D eigenvalue weighted by Crippen LogP contribution is -2.47. The minimum Gasteiger partial charge on any atom is -0.351 e. The lowest BCUT2D eigenvalue weighted by atomic mass is 9.97. The van der Waals surface area contributed by atoms with Crippen LogP contribution in [-0.4, -0.2) is 54.7 Å². The molecule has 3 atom stereocenters. The number of fused-ring (bicyclic) bond motifs is 3. The van der Waals surface area contributed by atoms with Crippen molar-refractivity contribution in [2.24, 2.45) is 0 Å². The number of rotatable bonds is 6. The summed E-state index contributed by atoms with van der Waals surface area (Å²) in [5.41, 5.74) is 3.53. The van der Waals surface area contributed by atoms with E-state index in [1.54, 1.807) is 5.51 Å². The molecule has 10 heteroatoms. The van der Waals surface area contributed by atoms with Gasteiger partial charge in [-0.25, -0.2) is 9.97 Å². The predicted molar refractivity (Wildman–Crippen MR) is 112 cm³/mol. The monoisotopic (exact) mass is 409 g/mol. The molecule has 2 bridgehead atoms. The highest BCUT2D eigenvalue weighted by Gasteiger charge is 2.40. The van der Waals surface area contributed by atoms with Crippen LogP contribution in [0, 0.1) is 18.3 Å². The molecule has 0 saturated carbocycles. The molecule has 2 saturated heterocycles. The van der Waals surface area contributed by atoms with E-state index in [0.29, 0.717) is 42.1 Å². The van der Waals surface area contributed by atoms with Crippen molar-refractivity contribution in [1.82, 2.24) is 30.0 Å². The molecule has 5 rings (SSSR count). The first kappa shape index (κ1) is 18.3. The number of nitriles is 1. The molecule has 0 amide bonds. The molecule has 2 fully saturated rings. The summed E-state index contributed by atoms with van der Waals surface area (Å²) in [7, 11) is 0. The Labute approximate surface area is 172 Å². The zero-order valence-electron chi connectivity index (χ0n) is 16.2. The molecule has 3 aromatic heterocycles. The molecule has 150 valence electrons. The number of aromatic nitrogens is 5. The lowest BCUT2D eigenvalue weighted by molar-refractivity contribution is 0.135. The SMILES string of the molecule is Cc1cc(Nc2nc(N[C@@H]3C[C@H]4CC[C@@H](C3)N4CCC#N)nc3scnc23)n[nH]1. The molecule has 5 heterocycles. The number of nitrogens with zero attached hydrogens (tertiary/aromatic N) is 6. The van der Waals surface area contributed by atoms with Gasteiger partial charge in [-0.2, -0.15) is 15.3 Å². The van der Waals surface area contributed by atoms with E-state index < -0.39 is 0 Å². The van der Waals surface area contributed by atoms with Crippen LogP contribution in [-0.2, 0) is 0 Å². The van der Waals surface area contributed by atoms with Gasteiger partial charge in [0.2, 0.25) is 5.95 Å². The lowest BCUT2D eigenvalue weighted by Gasteiger charge is -2.38. The van der Waals surface area contributed by atoms with Crippen molar-refractivity contribution in [3.05, 3.63) is 17.3 Å². The Morgan fingerprint density at radius 1 is 1.31 bits per heavy atom. The van der Waals surface area contributed by atoms with E-state index in [1.807, 2.05) is 13.0 Å². The first-order valence-corrected chi connectivity index (χ1v) is 10.9. The Balaban J connectivity index is 1.34. The van der Waals surface area contributed by atoms with Gasteiger partial charge in [-0.3, -0.25) is 10.00 Å². The normalized spacial score (nSPS) is 23.9. The summed E-state index contributed by atoms with van der Waals surface area (Å²) in [5, 5.41) is 22.9.